The Morgan fingerprint density at radius 2 is 0.635 bits per heavy atom. The quantitative estimate of drug-likeness (QED) is 0.0227. The Morgan fingerprint density at radius 1 is 0.324 bits per heavy atom. The zero-order valence-corrected chi connectivity index (χ0v) is 44.7. The molecule has 0 atom stereocenters. The van der Waals surface area contributed by atoms with Gasteiger partial charge in [0.2, 0.25) is 3.57 Å². The van der Waals surface area contributed by atoms with E-state index in [4.69, 9.17) is 112 Å². The molecule has 0 saturated carbocycles. The van der Waals surface area contributed by atoms with Crippen molar-refractivity contribution in [2.24, 2.45) is 0 Å². The predicted molar refractivity (Wildman–Crippen MR) is 259 cm³/mol. The van der Waals surface area contributed by atoms with Gasteiger partial charge in [-0.05, 0) is 36.4 Å². The van der Waals surface area contributed by atoms with Crippen LogP contribution >= 0.6 is 92.8 Å². The van der Waals surface area contributed by atoms with Gasteiger partial charge in [-0.15, -0.1) is 21.9 Å². The summed E-state index contributed by atoms with van der Waals surface area (Å²) in [4.78, 5) is 0. The smallest absolute Gasteiger partial charge is 0.362 e. The highest BCUT2D eigenvalue weighted by atomic mass is 127. The maximum atomic E-state index is 16.0. The standard InChI is InChI=1S/C24BCl8F12.C24H26IO4/c26-5-1(13(34)21(42)17(38)9(5)30)25(2-6(27)10(31)18(39)22(43)14(2)35,3-7(28)11(32)19(40)23(44)15(3)36)4-8(29)12(33)20(41)24(45)16(4)37;1-3-9-21(10-4-1)25-23-13-7-8-14-24(23)29-20-18-27-16-15-26-17-19-28-22-11-5-2-6-12-22/h;1-14H,15-20H2/q-1;+1. The molecule has 7 rings (SSSR count). The zero-order chi connectivity index (χ0) is 54.3. The van der Waals surface area contributed by atoms with Crippen LogP contribution in [0.2, 0.25) is 40.2 Å². The number of ether oxygens (including phenoxy) is 4. The van der Waals surface area contributed by atoms with Crippen LogP contribution in [-0.2, 0) is 9.47 Å². The Hall–Kier alpha value is -3.67. The van der Waals surface area contributed by atoms with Gasteiger partial charge in [0.05, 0.1) is 46.5 Å². The van der Waals surface area contributed by atoms with Crippen LogP contribution in [0.5, 0.6) is 11.5 Å². The van der Waals surface area contributed by atoms with Gasteiger partial charge in [0.15, 0.2) is 55.9 Å². The molecule has 0 aliphatic heterocycles. The summed E-state index contributed by atoms with van der Waals surface area (Å²) < 4.78 is 208. The number of rotatable bonds is 17. The van der Waals surface area contributed by atoms with Crippen LogP contribution in [0.4, 0.5) is 52.7 Å². The molecule has 0 spiro atoms. The van der Waals surface area contributed by atoms with E-state index in [0.29, 0.717) is 39.6 Å². The molecule has 0 saturated heterocycles. The summed E-state index contributed by atoms with van der Waals surface area (Å²) in [6.07, 6.45) is -5.62. The lowest BCUT2D eigenvalue weighted by atomic mass is 9.12. The first-order valence-corrected chi connectivity index (χ1v) is 25.8. The molecule has 0 unspecified atom stereocenters. The van der Waals surface area contributed by atoms with Crippen LogP contribution in [0, 0.1) is 76.9 Å². The molecule has 0 N–H and O–H groups in total. The van der Waals surface area contributed by atoms with E-state index in [-0.39, 0.29) is 21.2 Å². The molecule has 7 aromatic carbocycles. The van der Waals surface area contributed by atoms with E-state index < -0.39 is 138 Å². The molecule has 0 radical (unpaired) electrons. The van der Waals surface area contributed by atoms with Crippen LogP contribution in [0.15, 0.2) is 84.9 Å². The van der Waals surface area contributed by atoms with Crippen molar-refractivity contribution in [2.75, 3.05) is 39.6 Å². The van der Waals surface area contributed by atoms with Gasteiger partial charge in [-0.2, -0.15) is 0 Å². The summed E-state index contributed by atoms with van der Waals surface area (Å²) in [6, 6.07) is 28.6. The van der Waals surface area contributed by atoms with Gasteiger partial charge in [0.1, 0.15) is 48.4 Å². The molecule has 0 bridgehead atoms. The lowest BCUT2D eigenvalue weighted by Gasteiger charge is -2.46. The minimum atomic E-state index is -5.62. The first-order chi connectivity index (χ1) is 35.1. The summed E-state index contributed by atoms with van der Waals surface area (Å²) in [7, 11) is 0. The second-order valence-corrected chi connectivity index (χ2v) is 20.8. The summed E-state index contributed by atoms with van der Waals surface area (Å²) in [5, 5.41) is -13.9. The molecular formula is C48H26BCl8F12IO4. The summed E-state index contributed by atoms with van der Waals surface area (Å²) in [6.45, 7) is 3.26. The van der Waals surface area contributed by atoms with Crippen LogP contribution in [0.25, 0.3) is 0 Å². The number of hydrogen-bond donors (Lipinski definition) is 0. The molecular weight excluding hydrogens is 1290 g/mol. The molecule has 26 heteroatoms. The van der Waals surface area contributed by atoms with E-state index in [1.807, 2.05) is 48.5 Å². The van der Waals surface area contributed by atoms with Crippen LogP contribution in [0.3, 0.4) is 0 Å². The summed E-state index contributed by atoms with van der Waals surface area (Å²) >= 11 is 46.4. The SMILES string of the molecule is Fc1c(F)c(Cl)c(Cl)c([B-](c2c(F)c(F)c(F)c(Cl)c2Cl)(c2c(F)c(F)c(F)c(Cl)c2Cl)c2c(F)c(F)c(F)c(Cl)c2Cl)c1F.c1ccc(OCCOCCOCCOc2ccccc2[I+]c2ccccc2)cc1. The molecule has 0 aromatic heterocycles. The number of benzene rings is 7. The predicted octanol–water partition coefficient (Wildman–Crippen LogP) is 11.3. The molecule has 74 heavy (non-hydrogen) atoms. The minimum absolute atomic E-state index is 0.246. The van der Waals surface area contributed by atoms with Crippen molar-refractivity contribution in [3.63, 3.8) is 0 Å². The molecule has 0 fully saturated rings. The average molecular weight is 1320 g/mol. The highest BCUT2D eigenvalue weighted by Gasteiger charge is 2.50. The van der Waals surface area contributed by atoms with Crippen molar-refractivity contribution in [1.82, 2.24) is 0 Å². The summed E-state index contributed by atoms with van der Waals surface area (Å²) in [5.74, 6) is -29.4. The largest absolute Gasteiger partial charge is 0.491 e. The fraction of sp³-hybridized carbons (Fsp3) is 0.125. The van der Waals surface area contributed by atoms with Gasteiger partial charge < -0.3 is 18.9 Å². The fourth-order valence-electron chi connectivity index (χ4n) is 7.38. The molecule has 0 heterocycles. The number of para-hydroxylation sites is 2. The maximum absolute atomic E-state index is 16.0. The zero-order valence-electron chi connectivity index (χ0n) is 36.5. The second-order valence-electron chi connectivity index (χ2n) is 14.9. The van der Waals surface area contributed by atoms with Gasteiger partial charge in [0, 0.05) is 20.1 Å². The Labute approximate surface area is 463 Å². The molecule has 4 nitrogen and oxygen atoms in total. The number of halogens is 21. The third kappa shape index (κ3) is 12.1. The number of hydrogen-bond acceptors (Lipinski definition) is 4. The van der Waals surface area contributed by atoms with Crippen LogP contribution in [0.1, 0.15) is 0 Å². The van der Waals surface area contributed by atoms with E-state index in [2.05, 4.69) is 36.4 Å². The van der Waals surface area contributed by atoms with Crippen molar-refractivity contribution in [1.29, 1.82) is 0 Å². The summed E-state index contributed by atoms with van der Waals surface area (Å²) in [5.41, 5.74) is -8.47. The lowest BCUT2D eigenvalue weighted by Crippen LogP contribution is -3.61. The molecule has 7 aromatic rings. The third-order valence-corrected chi connectivity index (χ3v) is 16.8. The highest BCUT2D eigenvalue weighted by Crippen LogP contribution is 2.40. The maximum Gasteiger partial charge on any atom is 0.362 e. The second kappa shape index (κ2) is 26.1. The van der Waals surface area contributed by atoms with E-state index in [1.54, 1.807) is 0 Å². The monoisotopic (exact) mass is 1310 g/mol. The van der Waals surface area contributed by atoms with Crippen molar-refractivity contribution < 1.29 is 92.8 Å². The first kappa shape index (κ1) is 59.6. The molecule has 0 amide bonds. The fourth-order valence-corrected chi connectivity index (χ4v) is 11.9. The van der Waals surface area contributed by atoms with E-state index >= 15 is 35.1 Å². The van der Waals surface area contributed by atoms with Gasteiger partial charge >= 0.3 is 21.2 Å². The van der Waals surface area contributed by atoms with Gasteiger partial charge in [0.25, 0.3) is 0 Å². The Balaban J connectivity index is 0.000000265. The van der Waals surface area contributed by atoms with Gasteiger partial charge in [-0.25, -0.2) is 52.7 Å². The lowest BCUT2D eigenvalue weighted by molar-refractivity contribution is -0.598. The van der Waals surface area contributed by atoms with Crippen LogP contribution < -0.4 is 52.5 Å². The van der Waals surface area contributed by atoms with Crippen molar-refractivity contribution in [2.45, 2.75) is 0 Å². The Bertz CT molecular complexity index is 2810. The third-order valence-electron chi connectivity index (χ3n) is 10.6. The Morgan fingerprint density at radius 3 is 1.01 bits per heavy atom. The molecule has 0 aliphatic rings. The van der Waals surface area contributed by atoms with Gasteiger partial charge in [-0.3, -0.25) is 0 Å². The first-order valence-electron chi connectivity index (χ1n) is 20.6. The van der Waals surface area contributed by atoms with E-state index in [0.717, 1.165) is 11.5 Å². The molecule has 392 valence electrons. The average Bonchev–Trinajstić information content (AvgIpc) is 3.40. The van der Waals surface area contributed by atoms with Gasteiger partial charge in [-0.1, -0.05) is 141 Å². The Kier molecular flexibility index (Phi) is 21.0. The van der Waals surface area contributed by atoms with E-state index in [9.17, 15) is 17.6 Å². The normalized spacial score (nSPS) is 11.5. The van der Waals surface area contributed by atoms with E-state index in [1.165, 1.54) is 7.14 Å². The molecule has 0 aliphatic carbocycles. The minimum Gasteiger partial charge on any atom is -0.491 e. The van der Waals surface area contributed by atoms with Crippen LogP contribution in [-0.4, -0.2) is 45.8 Å². The topological polar surface area (TPSA) is 36.9 Å². The highest BCUT2D eigenvalue weighted by molar-refractivity contribution is 7.22. The van der Waals surface area contributed by atoms with Crippen molar-refractivity contribution in [3.05, 3.63) is 202 Å². The van der Waals surface area contributed by atoms with Crippen molar-refractivity contribution >= 4 is 121 Å². The van der Waals surface area contributed by atoms with Crippen molar-refractivity contribution in [3.8, 4) is 11.5 Å².